The molecule has 164 valence electrons. The number of alkyl halides is 3. The van der Waals surface area contributed by atoms with Gasteiger partial charge < -0.3 is 5.32 Å². The van der Waals surface area contributed by atoms with Crippen LogP contribution in [0.25, 0.3) is 22.5 Å². The number of halogens is 3. The Hall–Kier alpha value is -3.68. The molecule has 0 saturated carbocycles. The molecule has 0 amide bonds. The number of nitrogens with zero attached hydrogens (tertiary/aromatic N) is 4. The van der Waals surface area contributed by atoms with Crippen LogP contribution in [0.3, 0.4) is 0 Å². The van der Waals surface area contributed by atoms with E-state index < -0.39 is 11.7 Å². The summed E-state index contributed by atoms with van der Waals surface area (Å²) >= 11 is 0. The molecule has 2 aromatic heterocycles. The summed E-state index contributed by atoms with van der Waals surface area (Å²) in [7, 11) is 0. The fourth-order valence-corrected chi connectivity index (χ4v) is 3.56. The van der Waals surface area contributed by atoms with Gasteiger partial charge in [-0.3, -0.25) is 0 Å². The largest absolute Gasteiger partial charge is 0.416 e. The maximum absolute atomic E-state index is 13.2. The molecule has 32 heavy (non-hydrogen) atoms. The number of hydrogen-bond acceptors (Lipinski definition) is 4. The van der Waals surface area contributed by atoms with E-state index in [2.05, 4.69) is 20.6 Å². The maximum Gasteiger partial charge on any atom is 0.416 e. The number of nitrogens with one attached hydrogen (secondary N) is 1. The van der Waals surface area contributed by atoms with Crippen molar-refractivity contribution < 1.29 is 13.2 Å². The highest BCUT2D eigenvalue weighted by Crippen LogP contribution is 2.35. The van der Waals surface area contributed by atoms with Gasteiger partial charge in [0, 0.05) is 29.9 Å². The predicted octanol–water partition coefficient (Wildman–Crippen LogP) is 6.22. The van der Waals surface area contributed by atoms with Crippen molar-refractivity contribution >= 4 is 5.82 Å². The smallest absolute Gasteiger partial charge is 0.364 e. The normalized spacial score (nSPS) is 12.5. The van der Waals surface area contributed by atoms with Crippen molar-refractivity contribution in [1.29, 1.82) is 0 Å². The van der Waals surface area contributed by atoms with E-state index in [1.54, 1.807) is 23.0 Å². The summed E-state index contributed by atoms with van der Waals surface area (Å²) < 4.78 is 41.4. The zero-order chi connectivity index (χ0) is 22.7. The molecule has 0 radical (unpaired) electrons. The maximum atomic E-state index is 13.2. The van der Waals surface area contributed by atoms with Crippen LogP contribution >= 0.6 is 0 Å². The van der Waals surface area contributed by atoms with E-state index >= 15 is 0 Å². The van der Waals surface area contributed by atoms with E-state index in [1.807, 2.05) is 50.2 Å². The molecule has 0 fully saturated rings. The average Bonchev–Trinajstić information content (AvgIpc) is 3.24. The quantitative estimate of drug-likeness (QED) is 0.389. The molecular formula is C24H22F3N5. The van der Waals surface area contributed by atoms with Crippen LogP contribution < -0.4 is 5.32 Å². The van der Waals surface area contributed by atoms with Gasteiger partial charge in [-0.15, -0.1) is 5.10 Å². The summed E-state index contributed by atoms with van der Waals surface area (Å²) in [5.74, 6) is 0.651. The van der Waals surface area contributed by atoms with Gasteiger partial charge >= 0.3 is 6.18 Å². The second-order valence-electron chi connectivity index (χ2n) is 7.39. The minimum Gasteiger partial charge on any atom is -0.364 e. The van der Waals surface area contributed by atoms with Gasteiger partial charge in [-0.1, -0.05) is 47.7 Å². The summed E-state index contributed by atoms with van der Waals surface area (Å²) in [6.45, 7) is 4.47. The zero-order valence-corrected chi connectivity index (χ0v) is 17.6. The molecule has 0 aliphatic heterocycles. The number of hydrogen-bond donors (Lipinski definition) is 1. The van der Waals surface area contributed by atoms with Crippen molar-refractivity contribution in [3.63, 3.8) is 0 Å². The van der Waals surface area contributed by atoms with Crippen molar-refractivity contribution in [3.8, 4) is 22.5 Å². The van der Waals surface area contributed by atoms with Gasteiger partial charge in [-0.25, -0.2) is 9.67 Å². The van der Waals surface area contributed by atoms with Crippen LogP contribution in [0.5, 0.6) is 0 Å². The summed E-state index contributed by atoms with van der Waals surface area (Å²) in [6.07, 6.45) is -2.77. The third-order valence-electron chi connectivity index (χ3n) is 5.20. The van der Waals surface area contributed by atoms with Crippen molar-refractivity contribution in [1.82, 2.24) is 20.0 Å². The molecular weight excluding hydrogens is 415 g/mol. The van der Waals surface area contributed by atoms with Gasteiger partial charge in [-0.05, 0) is 43.7 Å². The lowest BCUT2D eigenvalue weighted by Gasteiger charge is -2.16. The summed E-state index contributed by atoms with van der Waals surface area (Å²) in [5.41, 5.74) is 2.56. The molecule has 0 spiro atoms. The molecule has 4 aromatic rings. The lowest BCUT2D eigenvalue weighted by Crippen LogP contribution is -2.08. The molecule has 0 aliphatic rings. The molecule has 0 unspecified atom stereocenters. The Labute approximate surface area is 183 Å². The number of aryl methyl sites for hydroxylation is 1. The van der Waals surface area contributed by atoms with Gasteiger partial charge in [0.15, 0.2) is 0 Å². The number of aromatic nitrogens is 4. The third kappa shape index (κ3) is 4.49. The van der Waals surface area contributed by atoms with E-state index in [9.17, 15) is 13.2 Å². The molecule has 1 atom stereocenters. The zero-order valence-electron chi connectivity index (χ0n) is 17.6. The van der Waals surface area contributed by atoms with Crippen molar-refractivity contribution in [3.05, 3.63) is 84.1 Å². The van der Waals surface area contributed by atoms with Crippen LogP contribution in [0.4, 0.5) is 19.0 Å². The molecule has 8 heteroatoms. The van der Waals surface area contributed by atoms with Crippen LogP contribution in [-0.2, 0) is 12.7 Å². The Morgan fingerprint density at radius 3 is 2.47 bits per heavy atom. The van der Waals surface area contributed by atoms with Crippen molar-refractivity contribution in [2.75, 3.05) is 5.32 Å². The van der Waals surface area contributed by atoms with Crippen LogP contribution in [0.1, 0.15) is 31.0 Å². The Kier molecular flexibility index (Phi) is 5.94. The van der Waals surface area contributed by atoms with E-state index in [0.717, 1.165) is 23.3 Å². The van der Waals surface area contributed by atoms with Crippen LogP contribution in [0.2, 0.25) is 0 Å². The second-order valence-corrected chi connectivity index (χ2v) is 7.39. The number of rotatable bonds is 6. The van der Waals surface area contributed by atoms with Gasteiger partial charge in [-0.2, -0.15) is 13.2 Å². The first-order valence-electron chi connectivity index (χ1n) is 10.3. The predicted molar refractivity (Wildman–Crippen MR) is 118 cm³/mol. The van der Waals surface area contributed by atoms with Gasteiger partial charge in [0.25, 0.3) is 0 Å². The molecule has 2 heterocycles. The fraction of sp³-hybridized carbons (Fsp3) is 0.208. The average molecular weight is 437 g/mol. The van der Waals surface area contributed by atoms with E-state index in [0.29, 0.717) is 29.3 Å². The Balaban J connectivity index is 1.72. The van der Waals surface area contributed by atoms with Crippen molar-refractivity contribution in [2.24, 2.45) is 0 Å². The van der Waals surface area contributed by atoms with E-state index in [4.69, 9.17) is 0 Å². The van der Waals surface area contributed by atoms with Gasteiger partial charge in [0.1, 0.15) is 11.5 Å². The molecule has 5 nitrogen and oxygen atoms in total. The Bertz CT molecular complexity index is 1200. The molecule has 2 aromatic carbocycles. The first kappa shape index (κ1) is 21.5. The lowest BCUT2D eigenvalue weighted by molar-refractivity contribution is -0.137. The highest BCUT2D eigenvalue weighted by atomic mass is 19.4. The second kappa shape index (κ2) is 8.82. The third-order valence-corrected chi connectivity index (χ3v) is 5.20. The van der Waals surface area contributed by atoms with Crippen LogP contribution in [0.15, 0.2) is 72.9 Å². The number of pyridine rings is 1. The highest BCUT2D eigenvalue weighted by molar-refractivity contribution is 5.79. The van der Waals surface area contributed by atoms with Crippen LogP contribution in [-0.4, -0.2) is 20.0 Å². The standard InChI is InChI=1S/C24H22F3N5/c1-3-32-23(22(30-31-32)18-10-7-11-20(14-18)24(25,26)27)19-12-13-28-21(15-19)29-16(2)17-8-5-4-6-9-17/h4-16H,3H2,1-2H3,(H,28,29)/t16-/m0/s1. The van der Waals surface area contributed by atoms with Crippen LogP contribution in [0, 0.1) is 0 Å². The Morgan fingerprint density at radius 2 is 1.75 bits per heavy atom. The molecule has 0 bridgehead atoms. The molecule has 4 rings (SSSR count). The SMILES string of the molecule is CCn1nnc(-c2cccc(C(F)(F)F)c2)c1-c1ccnc(N[C@@H](C)c2ccccc2)c1. The van der Waals surface area contributed by atoms with E-state index in [-0.39, 0.29) is 6.04 Å². The summed E-state index contributed by atoms with van der Waals surface area (Å²) in [5, 5.41) is 11.7. The lowest BCUT2D eigenvalue weighted by atomic mass is 10.0. The van der Waals surface area contributed by atoms with Crippen molar-refractivity contribution in [2.45, 2.75) is 32.6 Å². The molecule has 0 aliphatic carbocycles. The molecule has 0 saturated heterocycles. The monoisotopic (exact) mass is 437 g/mol. The fourth-order valence-electron chi connectivity index (χ4n) is 3.56. The van der Waals surface area contributed by atoms with Gasteiger partial charge in [0.2, 0.25) is 0 Å². The summed E-state index contributed by atoms with van der Waals surface area (Å²) in [6, 6.07) is 18.8. The minimum absolute atomic E-state index is 0.0242. The minimum atomic E-state index is -4.43. The first-order chi connectivity index (χ1) is 15.4. The van der Waals surface area contributed by atoms with E-state index in [1.165, 1.54) is 6.07 Å². The first-order valence-corrected chi connectivity index (χ1v) is 10.3. The molecule has 1 N–H and O–H groups in total. The topological polar surface area (TPSA) is 55.6 Å². The number of anilines is 1. The highest BCUT2D eigenvalue weighted by Gasteiger charge is 2.31. The number of benzene rings is 2. The summed E-state index contributed by atoms with van der Waals surface area (Å²) in [4.78, 5) is 4.41. The van der Waals surface area contributed by atoms with Gasteiger partial charge in [0.05, 0.1) is 11.3 Å². The Morgan fingerprint density at radius 1 is 0.969 bits per heavy atom.